The van der Waals surface area contributed by atoms with Crippen molar-refractivity contribution in [3.8, 4) is 6.07 Å². The van der Waals surface area contributed by atoms with E-state index in [9.17, 15) is 4.79 Å². The predicted molar refractivity (Wildman–Crippen MR) is 79.9 cm³/mol. The van der Waals surface area contributed by atoms with Gasteiger partial charge in [-0.15, -0.1) is 0 Å². The Morgan fingerprint density at radius 1 is 1.38 bits per heavy atom. The van der Waals surface area contributed by atoms with Crippen molar-refractivity contribution < 1.29 is 9.90 Å². The number of anilines is 2. The van der Waals surface area contributed by atoms with Gasteiger partial charge in [-0.2, -0.15) is 5.26 Å². The average Bonchev–Trinajstić information content (AvgIpc) is 2.50. The molecule has 0 saturated heterocycles. The van der Waals surface area contributed by atoms with E-state index in [-0.39, 0.29) is 10.6 Å². The number of hydrogen-bond acceptors (Lipinski definition) is 4. The summed E-state index contributed by atoms with van der Waals surface area (Å²) in [6.07, 6.45) is 1.56. The molecule has 0 bridgehead atoms. The molecule has 0 atom stereocenters. The van der Waals surface area contributed by atoms with E-state index in [2.05, 4.69) is 11.1 Å². The summed E-state index contributed by atoms with van der Waals surface area (Å²) in [4.78, 5) is 16.8. The lowest BCUT2D eigenvalue weighted by Gasteiger charge is -2.23. The minimum Gasteiger partial charge on any atom is -0.478 e. The number of hydrogen-bond donors (Lipinski definition) is 1. The van der Waals surface area contributed by atoms with E-state index in [4.69, 9.17) is 22.0 Å². The quantitative estimate of drug-likeness (QED) is 0.914. The number of carbonyl (C=O) groups is 1. The van der Waals surface area contributed by atoms with Gasteiger partial charge in [0, 0.05) is 18.4 Å². The van der Waals surface area contributed by atoms with Crippen molar-refractivity contribution in [3.63, 3.8) is 0 Å². The van der Waals surface area contributed by atoms with Crippen LogP contribution in [-0.4, -0.2) is 22.6 Å². The third kappa shape index (κ3) is 3.50. The van der Waals surface area contributed by atoms with E-state index in [1.807, 2.05) is 30.3 Å². The molecule has 0 radical (unpaired) electrons. The molecule has 0 aliphatic heterocycles. The lowest BCUT2D eigenvalue weighted by Crippen LogP contribution is -2.20. The monoisotopic (exact) mass is 301 g/mol. The molecule has 5 nitrogen and oxygen atoms in total. The summed E-state index contributed by atoms with van der Waals surface area (Å²) in [5, 5.41) is 18.0. The van der Waals surface area contributed by atoms with Crippen LogP contribution in [0, 0.1) is 11.3 Å². The van der Waals surface area contributed by atoms with Crippen LogP contribution in [-0.2, 0) is 0 Å². The number of carboxylic acids is 1. The van der Waals surface area contributed by atoms with E-state index in [0.717, 1.165) is 5.69 Å². The molecule has 0 saturated carbocycles. The molecule has 6 heteroatoms. The van der Waals surface area contributed by atoms with E-state index in [1.165, 1.54) is 12.3 Å². The smallest absolute Gasteiger partial charge is 0.337 e. The molecular weight excluding hydrogens is 290 g/mol. The second-order valence-corrected chi connectivity index (χ2v) is 4.64. The highest BCUT2D eigenvalue weighted by atomic mass is 35.5. The third-order valence-electron chi connectivity index (χ3n) is 2.84. The first kappa shape index (κ1) is 14.8. The van der Waals surface area contributed by atoms with Gasteiger partial charge in [-0.1, -0.05) is 29.8 Å². The summed E-state index contributed by atoms with van der Waals surface area (Å²) in [5.41, 5.74) is 0.863. The first-order chi connectivity index (χ1) is 10.1. The molecule has 0 amide bonds. The SMILES string of the molecule is N#CCCN(c1ccccc1)c1ncc(C(=O)O)cc1Cl. The Bertz CT molecular complexity index is 683. The van der Waals surface area contributed by atoms with Gasteiger partial charge in [0.25, 0.3) is 0 Å². The summed E-state index contributed by atoms with van der Waals surface area (Å²) in [6, 6.07) is 12.8. The van der Waals surface area contributed by atoms with Gasteiger partial charge in [0.2, 0.25) is 0 Å². The molecule has 0 unspecified atom stereocenters. The molecule has 106 valence electrons. The Balaban J connectivity index is 2.42. The second kappa shape index (κ2) is 6.73. The fourth-order valence-corrected chi connectivity index (χ4v) is 2.14. The Kier molecular flexibility index (Phi) is 4.75. The molecule has 1 aromatic carbocycles. The predicted octanol–water partition coefficient (Wildman–Crippen LogP) is 3.48. The number of halogens is 1. The number of nitriles is 1. The molecule has 2 rings (SSSR count). The summed E-state index contributed by atoms with van der Waals surface area (Å²) in [6.45, 7) is 0.416. The summed E-state index contributed by atoms with van der Waals surface area (Å²) in [5.74, 6) is -0.651. The fraction of sp³-hybridized carbons (Fsp3) is 0.133. The lowest BCUT2D eigenvalue weighted by atomic mass is 10.2. The van der Waals surface area contributed by atoms with Gasteiger partial charge < -0.3 is 10.0 Å². The minimum absolute atomic E-state index is 0.0250. The van der Waals surface area contributed by atoms with Crippen LogP contribution in [0.25, 0.3) is 0 Å². The molecule has 1 heterocycles. The van der Waals surface area contributed by atoms with E-state index >= 15 is 0 Å². The molecule has 1 N–H and O–H groups in total. The Labute approximate surface area is 127 Å². The highest BCUT2D eigenvalue weighted by Gasteiger charge is 2.16. The number of aromatic carboxylic acids is 1. The molecule has 2 aromatic rings. The van der Waals surface area contributed by atoms with Crippen molar-refractivity contribution in [2.75, 3.05) is 11.4 Å². The second-order valence-electron chi connectivity index (χ2n) is 4.23. The first-order valence-corrected chi connectivity index (χ1v) is 6.59. The fourth-order valence-electron chi connectivity index (χ4n) is 1.87. The number of benzene rings is 1. The molecular formula is C15H12ClN3O2. The summed E-state index contributed by atoms with van der Waals surface area (Å²) in [7, 11) is 0. The number of nitrogens with zero attached hydrogens (tertiary/aromatic N) is 3. The summed E-state index contributed by atoms with van der Waals surface area (Å²) < 4.78 is 0. The van der Waals surface area contributed by atoms with Crippen molar-refractivity contribution in [3.05, 3.63) is 53.2 Å². The minimum atomic E-state index is -1.08. The highest BCUT2D eigenvalue weighted by molar-refractivity contribution is 6.33. The van der Waals surface area contributed by atoms with Gasteiger partial charge >= 0.3 is 5.97 Å². The normalized spacial score (nSPS) is 9.90. The van der Waals surface area contributed by atoms with Gasteiger partial charge in [-0.05, 0) is 18.2 Å². The number of aromatic nitrogens is 1. The van der Waals surface area contributed by atoms with Gasteiger partial charge in [0.1, 0.15) is 0 Å². The highest BCUT2D eigenvalue weighted by Crippen LogP contribution is 2.30. The van der Waals surface area contributed by atoms with Crippen LogP contribution in [0.5, 0.6) is 0 Å². The molecule has 0 aliphatic carbocycles. The van der Waals surface area contributed by atoms with E-state index in [0.29, 0.717) is 18.8 Å². The van der Waals surface area contributed by atoms with Crippen LogP contribution in [0.2, 0.25) is 5.02 Å². The van der Waals surface area contributed by atoms with Crippen molar-refractivity contribution in [1.29, 1.82) is 5.26 Å². The largest absolute Gasteiger partial charge is 0.478 e. The number of rotatable bonds is 5. The van der Waals surface area contributed by atoms with Gasteiger partial charge in [-0.3, -0.25) is 0 Å². The van der Waals surface area contributed by atoms with Gasteiger partial charge in [0.05, 0.1) is 23.1 Å². The Morgan fingerprint density at radius 3 is 2.67 bits per heavy atom. The number of pyridine rings is 1. The first-order valence-electron chi connectivity index (χ1n) is 6.22. The summed E-state index contributed by atoms with van der Waals surface area (Å²) >= 11 is 6.15. The van der Waals surface area contributed by atoms with Crippen LogP contribution in [0.15, 0.2) is 42.6 Å². The standard InChI is InChI=1S/C15H12ClN3O2/c16-13-9-11(15(20)21)10-18-14(13)19(8-4-7-17)12-5-2-1-3-6-12/h1-3,5-6,9-10H,4,8H2,(H,20,21). The zero-order chi connectivity index (χ0) is 15.2. The zero-order valence-corrected chi connectivity index (χ0v) is 11.8. The van der Waals surface area contributed by atoms with E-state index in [1.54, 1.807) is 4.90 Å². The molecule has 1 aromatic heterocycles. The maximum Gasteiger partial charge on any atom is 0.337 e. The molecule has 0 fully saturated rings. The van der Waals surface area contributed by atoms with Crippen LogP contribution in [0.4, 0.5) is 11.5 Å². The maximum absolute atomic E-state index is 10.9. The Hall–Kier alpha value is -2.58. The molecule has 21 heavy (non-hydrogen) atoms. The van der Waals surface area contributed by atoms with Gasteiger partial charge in [-0.25, -0.2) is 9.78 Å². The molecule has 0 spiro atoms. The van der Waals surface area contributed by atoms with Crippen LogP contribution >= 0.6 is 11.6 Å². The third-order valence-corrected chi connectivity index (χ3v) is 3.12. The van der Waals surface area contributed by atoms with Crippen molar-refractivity contribution >= 4 is 29.1 Å². The van der Waals surface area contributed by atoms with Crippen molar-refractivity contribution in [2.45, 2.75) is 6.42 Å². The van der Waals surface area contributed by atoms with Crippen molar-refractivity contribution in [1.82, 2.24) is 4.98 Å². The van der Waals surface area contributed by atoms with E-state index < -0.39 is 5.97 Å². The Morgan fingerprint density at radius 2 is 2.10 bits per heavy atom. The van der Waals surface area contributed by atoms with Crippen LogP contribution < -0.4 is 4.90 Å². The number of carboxylic acid groups (broad SMARTS) is 1. The molecule has 0 aliphatic rings. The van der Waals surface area contributed by atoms with Crippen LogP contribution in [0.1, 0.15) is 16.8 Å². The zero-order valence-electron chi connectivity index (χ0n) is 11.0. The lowest BCUT2D eigenvalue weighted by molar-refractivity contribution is 0.0696. The average molecular weight is 302 g/mol. The van der Waals surface area contributed by atoms with Crippen LogP contribution in [0.3, 0.4) is 0 Å². The van der Waals surface area contributed by atoms with Crippen molar-refractivity contribution in [2.24, 2.45) is 0 Å². The van der Waals surface area contributed by atoms with Gasteiger partial charge in [0.15, 0.2) is 5.82 Å². The maximum atomic E-state index is 10.9. The number of para-hydroxylation sites is 1. The topological polar surface area (TPSA) is 77.2 Å².